The Bertz CT molecular complexity index is 1660. The Balaban J connectivity index is 1.24. The fraction of sp³-hybridized carbons (Fsp3) is 0.273. The molecule has 3 aromatic carbocycles. The van der Waals surface area contributed by atoms with E-state index in [1.54, 1.807) is 6.33 Å². The van der Waals surface area contributed by atoms with Crippen LogP contribution in [0.4, 0.5) is 5.82 Å². The zero-order valence-corrected chi connectivity index (χ0v) is 22.9. The third-order valence-corrected chi connectivity index (χ3v) is 7.97. The van der Waals surface area contributed by atoms with Gasteiger partial charge in [0.05, 0.1) is 18.3 Å². The summed E-state index contributed by atoms with van der Waals surface area (Å²) < 4.78 is 11.7. The molecule has 40 heavy (non-hydrogen) atoms. The molecule has 1 N–H and O–H groups in total. The number of benzene rings is 3. The highest BCUT2D eigenvalue weighted by Gasteiger charge is 2.33. The van der Waals surface area contributed by atoms with Gasteiger partial charge < -0.3 is 24.3 Å². The van der Waals surface area contributed by atoms with Gasteiger partial charge in [0.25, 0.3) is 0 Å². The van der Waals surface area contributed by atoms with E-state index in [9.17, 15) is 0 Å². The van der Waals surface area contributed by atoms with Crippen molar-refractivity contribution in [1.82, 2.24) is 19.9 Å². The molecule has 0 bridgehead atoms. The number of H-pyrrole nitrogens is 1. The Kier molecular flexibility index (Phi) is 6.36. The minimum atomic E-state index is 0.0114. The van der Waals surface area contributed by atoms with Crippen LogP contribution in [0.5, 0.6) is 11.5 Å². The average molecular weight is 532 g/mol. The van der Waals surface area contributed by atoms with Crippen LogP contribution in [-0.4, -0.2) is 60.3 Å². The van der Waals surface area contributed by atoms with Crippen LogP contribution in [0, 0.1) is 0 Å². The lowest BCUT2D eigenvalue weighted by molar-refractivity contribution is 0.261. The van der Waals surface area contributed by atoms with E-state index in [4.69, 9.17) is 14.5 Å². The minimum absolute atomic E-state index is 0.0114. The quantitative estimate of drug-likeness (QED) is 0.293. The molecule has 4 heterocycles. The summed E-state index contributed by atoms with van der Waals surface area (Å²) >= 11 is 0. The number of nitrogens with zero attached hydrogens (tertiary/aromatic N) is 4. The topological polar surface area (TPSA) is 66.5 Å². The molecule has 7 rings (SSSR count). The van der Waals surface area contributed by atoms with Crippen molar-refractivity contribution in [1.29, 1.82) is 0 Å². The van der Waals surface area contributed by atoms with E-state index in [0.29, 0.717) is 6.61 Å². The van der Waals surface area contributed by atoms with Gasteiger partial charge in [-0.1, -0.05) is 24.3 Å². The summed E-state index contributed by atoms with van der Waals surface area (Å²) in [7, 11) is 4.09. The Morgan fingerprint density at radius 2 is 1.88 bits per heavy atom. The maximum atomic E-state index is 5.88. The molecule has 1 unspecified atom stereocenters. The number of para-hydroxylation sites is 1. The van der Waals surface area contributed by atoms with Gasteiger partial charge >= 0.3 is 0 Å². The molecule has 0 saturated carbocycles. The molecule has 7 nitrogen and oxygen atoms in total. The van der Waals surface area contributed by atoms with Crippen LogP contribution >= 0.6 is 0 Å². The number of nitrogens with one attached hydrogen (secondary N) is 1. The number of rotatable bonds is 7. The molecule has 1 atom stereocenters. The monoisotopic (exact) mass is 531 g/mol. The second kappa shape index (κ2) is 10.3. The van der Waals surface area contributed by atoms with Gasteiger partial charge in [-0.25, -0.2) is 9.97 Å². The lowest BCUT2D eigenvalue weighted by atomic mass is 9.91. The van der Waals surface area contributed by atoms with E-state index < -0.39 is 0 Å². The zero-order valence-electron chi connectivity index (χ0n) is 22.9. The molecule has 7 heteroatoms. The minimum Gasteiger partial charge on any atom is -0.493 e. The van der Waals surface area contributed by atoms with E-state index in [1.165, 1.54) is 33.3 Å². The molecule has 0 aliphatic carbocycles. The Hall–Kier alpha value is -4.36. The molecular formula is C33H33N5O2. The van der Waals surface area contributed by atoms with Gasteiger partial charge in [-0.15, -0.1) is 0 Å². The molecule has 2 aliphatic rings. The summed E-state index contributed by atoms with van der Waals surface area (Å²) in [6.07, 6.45) is 3.57. The third kappa shape index (κ3) is 4.56. The molecular weight excluding hydrogens is 498 g/mol. The molecule has 202 valence electrons. The van der Waals surface area contributed by atoms with Crippen LogP contribution < -0.4 is 14.4 Å². The normalized spacial score (nSPS) is 16.2. The lowest BCUT2D eigenvalue weighted by Gasteiger charge is -2.37. The standard InChI is InChI=1S/C33H33N5O2/c1-37(2)16-18-39-25-10-7-22(8-11-25)29-20-31(35-21-34-29)38-15-13-27-26-5-3-4-6-28(26)36-32(27)33(38)24-9-12-30-23(19-24)14-17-40-30/h3-12,19-21,33,36H,13-18H2,1-2H3. The number of likely N-dealkylation sites (N-methyl/N-ethyl adjacent to an activating group) is 1. The zero-order chi connectivity index (χ0) is 27.1. The second-order valence-electron chi connectivity index (χ2n) is 10.8. The number of hydrogen-bond donors (Lipinski definition) is 1. The van der Waals surface area contributed by atoms with Gasteiger partial charge in [0.1, 0.15) is 30.3 Å². The smallest absolute Gasteiger partial charge is 0.133 e. The number of fused-ring (bicyclic) bond motifs is 4. The van der Waals surface area contributed by atoms with E-state index in [2.05, 4.69) is 80.4 Å². The third-order valence-electron chi connectivity index (χ3n) is 7.97. The summed E-state index contributed by atoms with van der Waals surface area (Å²) in [5.74, 6) is 2.78. The predicted molar refractivity (Wildman–Crippen MR) is 158 cm³/mol. The largest absolute Gasteiger partial charge is 0.493 e. The van der Waals surface area contributed by atoms with Crippen LogP contribution in [0.1, 0.15) is 28.4 Å². The first-order chi connectivity index (χ1) is 19.6. The van der Waals surface area contributed by atoms with Crippen molar-refractivity contribution >= 4 is 16.7 Å². The Labute approximate surface area is 234 Å². The van der Waals surface area contributed by atoms with Crippen molar-refractivity contribution in [2.24, 2.45) is 0 Å². The van der Waals surface area contributed by atoms with Crippen molar-refractivity contribution in [3.63, 3.8) is 0 Å². The summed E-state index contributed by atoms with van der Waals surface area (Å²) in [5, 5.41) is 1.31. The highest BCUT2D eigenvalue weighted by atomic mass is 16.5. The first-order valence-corrected chi connectivity index (χ1v) is 14.0. The maximum Gasteiger partial charge on any atom is 0.133 e. The van der Waals surface area contributed by atoms with Gasteiger partial charge in [-0.2, -0.15) is 0 Å². The number of anilines is 1. The Morgan fingerprint density at radius 1 is 1.00 bits per heavy atom. The SMILES string of the molecule is CN(C)CCOc1ccc(-c2cc(N3CCc4c([nH]c5ccccc45)C3c3ccc4c(c3)CCO4)ncn2)cc1. The highest BCUT2D eigenvalue weighted by molar-refractivity contribution is 5.86. The van der Waals surface area contributed by atoms with Crippen LogP contribution in [0.3, 0.4) is 0 Å². The van der Waals surface area contributed by atoms with Crippen molar-refractivity contribution < 1.29 is 9.47 Å². The fourth-order valence-corrected chi connectivity index (χ4v) is 5.94. The average Bonchev–Trinajstić information content (AvgIpc) is 3.61. The number of aromatic nitrogens is 3. The first kappa shape index (κ1) is 24.7. The number of ether oxygens (including phenoxy) is 2. The molecule has 0 saturated heterocycles. The molecule has 2 aromatic heterocycles. The van der Waals surface area contributed by atoms with E-state index in [-0.39, 0.29) is 6.04 Å². The Morgan fingerprint density at radius 3 is 2.75 bits per heavy atom. The molecule has 0 radical (unpaired) electrons. The van der Waals surface area contributed by atoms with Crippen LogP contribution in [0.25, 0.3) is 22.2 Å². The van der Waals surface area contributed by atoms with Crippen LogP contribution in [0.15, 0.2) is 79.1 Å². The van der Waals surface area contributed by atoms with E-state index >= 15 is 0 Å². The van der Waals surface area contributed by atoms with Crippen molar-refractivity contribution in [3.05, 3.63) is 102 Å². The molecule has 0 fully saturated rings. The van der Waals surface area contributed by atoms with Gasteiger partial charge in [-0.05, 0) is 79.7 Å². The summed E-state index contributed by atoms with van der Waals surface area (Å²) in [5.41, 5.74) is 8.28. The number of aromatic amines is 1. The van der Waals surface area contributed by atoms with Crippen LogP contribution in [0.2, 0.25) is 0 Å². The first-order valence-electron chi connectivity index (χ1n) is 14.0. The molecule has 2 aliphatic heterocycles. The molecule has 0 spiro atoms. The predicted octanol–water partition coefficient (Wildman–Crippen LogP) is 5.65. The van der Waals surface area contributed by atoms with Crippen molar-refractivity contribution in [2.75, 3.05) is 45.3 Å². The lowest BCUT2D eigenvalue weighted by Crippen LogP contribution is -2.36. The van der Waals surface area contributed by atoms with Gasteiger partial charge in [0, 0.05) is 47.7 Å². The maximum absolute atomic E-state index is 5.88. The van der Waals surface area contributed by atoms with E-state index in [1.807, 2.05) is 26.2 Å². The summed E-state index contributed by atoms with van der Waals surface area (Å²) in [4.78, 5) is 17.7. The van der Waals surface area contributed by atoms with Crippen molar-refractivity contribution in [2.45, 2.75) is 18.9 Å². The van der Waals surface area contributed by atoms with Gasteiger partial charge in [0.2, 0.25) is 0 Å². The second-order valence-corrected chi connectivity index (χ2v) is 10.8. The fourth-order valence-electron chi connectivity index (χ4n) is 5.94. The van der Waals surface area contributed by atoms with Gasteiger partial charge in [-0.3, -0.25) is 0 Å². The summed E-state index contributed by atoms with van der Waals surface area (Å²) in [6, 6.07) is 25.6. The summed E-state index contributed by atoms with van der Waals surface area (Å²) in [6.45, 7) is 3.15. The van der Waals surface area contributed by atoms with Crippen molar-refractivity contribution in [3.8, 4) is 22.8 Å². The molecule has 0 amide bonds. The highest BCUT2D eigenvalue weighted by Crippen LogP contribution is 2.42. The molecule has 5 aromatic rings. The van der Waals surface area contributed by atoms with Crippen LogP contribution in [-0.2, 0) is 12.8 Å². The number of hydrogen-bond acceptors (Lipinski definition) is 6. The van der Waals surface area contributed by atoms with E-state index in [0.717, 1.165) is 61.1 Å². The van der Waals surface area contributed by atoms with Gasteiger partial charge in [0.15, 0.2) is 0 Å².